The van der Waals surface area contributed by atoms with Crippen molar-refractivity contribution in [3.05, 3.63) is 52.1 Å². The Kier molecular flexibility index (Phi) is 5.36. The third-order valence-electron chi connectivity index (χ3n) is 8.85. The van der Waals surface area contributed by atoms with Gasteiger partial charge in [0, 0.05) is 0 Å². The molecule has 0 aliphatic heterocycles. The normalized spacial score (nSPS) is 31.0. The average molecular weight is 377 g/mol. The molecule has 0 heterocycles. The van der Waals surface area contributed by atoms with Crippen LogP contribution in [0.3, 0.4) is 0 Å². The first-order valence-electron chi connectivity index (χ1n) is 11.8. The molecule has 0 bridgehead atoms. The van der Waals surface area contributed by atoms with Crippen molar-refractivity contribution in [1.82, 2.24) is 0 Å². The fraction of sp³-hybridized carbons (Fsp3) is 0.643. The molecule has 1 saturated carbocycles. The highest BCUT2D eigenvalue weighted by Gasteiger charge is 2.50. The summed E-state index contributed by atoms with van der Waals surface area (Å²) in [5.41, 5.74) is 8.66. The molecule has 0 N–H and O–H groups in total. The summed E-state index contributed by atoms with van der Waals surface area (Å²) in [6.45, 7) is 14.5. The lowest BCUT2D eigenvalue weighted by molar-refractivity contribution is 0.142. The molecule has 5 unspecified atom stereocenters. The van der Waals surface area contributed by atoms with Crippen LogP contribution in [0.2, 0.25) is 0 Å². The van der Waals surface area contributed by atoms with Gasteiger partial charge in [0.2, 0.25) is 0 Å². The Hall–Kier alpha value is -1.30. The molecule has 1 fully saturated rings. The molecule has 152 valence electrons. The summed E-state index contributed by atoms with van der Waals surface area (Å²) in [6.07, 6.45) is 17.7. The molecule has 0 amide bonds. The van der Waals surface area contributed by atoms with E-state index >= 15 is 0 Å². The summed E-state index contributed by atoms with van der Waals surface area (Å²) in [5, 5.41) is 0. The maximum atomic E-state index is 2.63. The van der Waals surface area contributed by atoms with Crippen molar-refractivity contribution in [3.63, 3.8) is 0 Å². The number of rotatable bonds is 4. The van der Waals surface area contributed by atoms with Crippen LogP contribution in [0.1, 0.15) is 94.0 Å². The van der Waals surface area contributed by atoms with Crippen molar-refractivity contribution >= 4 is 6.08 Å². The largest absolute Gasteiger partial charge is 0.0852 e. The number of hydrogen-bond acceptors (Lipinski definition) is 0. The molecule has 3 aliphatic rings. The van der Waals surface area contributed by atoms with Crippen molar-refractivity contribution in [2.75, 3.05) is 0 Å². The van der Waals surface area contributed by atoms with Crippen molar-refractivity contribution in [1.29, 1.82) is 0 Å². The summed E-state index contributed by atoms with van der Waals surface area (Å²) in [5.74, 6) is 3.72. The summed E-state index contributed by atoms with van der Waals surface area (Å²) in [7, 11) is 0. The molecule has 28 heavy (non-hydrogen) atoms. The first kappa shape index (κ1) is 20.0. The highest BCUT2D eigenvalue weighted by Crippen LogP contribution is 2.61. The second-order valence-electron chi connectivity index (χ2n) is 10.7. The van der Waals surface area contributed by atoms with Gasteiger partial charge in [-0.3, -0.25) is 0 Å². The van der Waals surface area contributed by atoms with E-state index in [-0.39, 0.29) is 0 Å². The van der Waals surface area contributed by atoms with Gasteiger partial charge in [0.15, 0.2) is 0 Å². The fourth-order valence-corrected chi connectivity index (χ4v) is 6.59. The van der Waals surface area contributed by atoms with Gasteiger partial charge in [0.1, 0.15) is 0 Å². The monoisotopic (exact) mass is 376 g/mol. The summed E-state index contributed by atoms with van der Waals surface area (Å²) >= 11 is 0. The van der Waals surface area contributed by atoms with Crippen LogP contribution in [-0.4, -0.2) is 0 Å². The van der Waals surface area contributed by atoms with E-state index in [9.17, 15) is 0 Å². The zero-order valence-corrected chi connectivity index (χ0v) is 19.0. The molecular weight excluding hydrogens is 336 g/mol. The highest BCUT2D eigenvalue weighted by atomic mass is 14.5. The minimum Gasteiger partial charge on any atom is -0.0852 e. The van der Waals surface area contributed by atoms with Gasteiger partial charge in [-0.05, 0) is 108 Å². The average Bonchev–Trinajstić information content (AvgIpc) is 3.03. The molecule has 1 aromatic rings. The van der Waals surface area contributed by atoms with Crippen LogP contribution >= 0.6 is 0 Å². The highest BCUT2D eigenvalue weighted by molar-refractivity contribution is 5.64. The Bertz CT molecular complexity index is 793. The molecule has 0 spiro atoms. The molecule has 0 aromatic heterocycles. The van der Waals surface area contributed by atoms with Gasteiger partial charge in [-0.15, -0.1) is 0 Å². The smallest absolute Gasteiger partial charge is 0.0102 e. The van der Waals surface area contributed by atoms with Gasteiger partial charge in [-0.25, -0.2) is 0 Å². The topological polar surface area (TPSA) is 0 Å². The van der Waals surface area contributed by atoms with E-state index in [2.05, 4.69) is 71.9 Å². The van der Waals surface area contributed by atoms with E-state index in [4.69, 9.17) is 0 Å². The third kappa shape index (κ3) is 3.21. The Labute approximate surface area is 173 Å². The molecular formula is C28H40. The summed E-state index contributed by atoms with van der Waals surface area (Å²) in [4.78, 5) is 0. The standard InChI is InChI=1S/C28H40/c1-18(2)19(3)11-12-20(4)26-13-14-27-25-17-22-9-7-8-10-23(22)21(5)24(25)15-16-28(26,27)6/h8,10-12,17-20,26-27H,7,9,13-16H2,1-6H3/b12-11+. The predicted octanol–water partition coefficient (Wildman–Crippen LogP) is 7.88. The number of hydrogen-bond donors (Lipinski definition) is 0. The van der Waals surface area contributed by atoms with Crippen molar-refractivity contribution in [2.24, 2.45) is 29.1 Å². The van der Waals surface area contributed by atoms with Gasteiger partial charge >= 0.3 is 0 Å². The van der Waals surface area contributed by atoms with Crippen LogP contribution in [0, 0.1) is 36.0 Å². The Morgan fingerprint density at radius 2 is 1.86 bits per heavy atom. The lowest BCUT2D eigenvalue weighted by Gasteiger charge is -2.44. The molecule has 0 saturated heterocycles. The van der Waals surface area contributed by atoms with Crippen LogP contribution in [0.25, 0.3) is 6.08 Å². The van der Waals surface area contributed by atoms with E-state index in [1.807, 2.05) is 0 Å². The number of fused-ring (bicyclic) bond motifs is 4. The lowest BCUT2D eigenvalue weighted by Crippen LogP contribution is -2.35. The first-order chi connectivity index (χ1) is 13.3. The molecule has 0 radical (unpaired) electrons. The Morgan fingerprint density at radius 3 is 2.61 bits per heavy atom. The van der Waals surface area contributed by atoms with E-state index < -0.39 is 0 Å². The second kappa shape index (κ2) is 7.51. The molecule has 1 aromatic carbocycles. The zero-order chi connectivity index (χ0) is 20.1. The van der Waals surface area contributed by atoms with Crippen molar-refractivity contribution in [3.8, 4) is 0 Å². The minimum atomic E-state index is 0.475. The molecule has 3 aliphatic carbocycles. The molecule has 0 nitrogen and oxygen atoms in total. The van der Waals surface area contributed by atoms with Crippen LogP contribution in [0.5, 0.6) is 0 Å². The van der Waals surface area contributed by atoms with E-state index in [1.165, 1.54) is 38.5 Å². The Balaban J connectivity index is 1.63. The lowest BCUT2D eigenvalue weighted by atomic mass is 9.60. The number of benzene rings is 1. The third-order valence-corrected chi connectivity index (χ3v) is 8.85. The second-order valence-corrected chi connectivity index (χ2v) is 10.7. The predicted molar refractivity (Wildman–Crippen MR) is 123 cm³/mol. The summed E-state index contributed by atoms with van der Waals surface area (Å²) < 4.78 is 0. The van der Waals surface area contributed by atoms with Crippen molar-refractivity contribution in [2.45, 2.75) is 86.0 Å². The van der Waals surface area contributed by atoms with Gasteiger partial charge in [-0.1, -0.05) is 65.0 Å². The van der Waals surface area contributed by atoms with Crippen LogP contribution < -0.4 is 0 Å². The SMILES string of the molecule is Cc1c2c(cc3c1CCC1(C)C3CCC1C(C)/C=C/C(C)C(C)C)CCC=C2. The van der Waals surface area contributed by atoms with Gasteiger partial charge < -0.3 is 0 Å². The van der Waals surface area contributed by atoms with E-state index in [0.29, 0.717) is 17.3 Å². The maximum Gasteiger partial charge on any atom is -0.0102 e. The molecule has 0 heteroatoms. The van der Waals surface area contributed by atoms with Gasteiger partial charge in [0.25, 0.3) is 0 Å². The zero-order valence-electron chi connectivity index (χ0n) is 19.0. The van der Waals surface area contributed by atoms with E-state index in [1.54, 1.807) is 27.8 Å². The first-order valence-corrected chi connectivity index (χ1v) is 11.8. The molecule has 5 atom stereocenters. The van der Waals surface area contributed by atoms with Crippen LogP contribution in [0.4, 0.5) is 0 Å². The quantitative estimate of drug-likeness (QED) is 0.469. The van der Waals surface area contributed by atoms with E-state index in [0.717, 1.165) is 17.8 Å². The number of aryl methyl sites for hydroxylation is 1. The Morgan fingerprint density at radius 1 is 1.07 bits per heavy atom. The maximum absolute atomic E-state index is 2.63. The van der Waals surface area contributed by atoms with Gasteiger partial charge in [0.05, 0.1) is 0 Å². The number of allylic oxidation sites excluding steroid dienone is 3. The van der Waals surface area contributed by atoms with Crippen molar-refractivity contribution < 1.29 is 0 Å². The van der Waals surface area contributed by atoms with Crippen LogP contribution in [-0.2, 0) is 12.8 Å². The van der Waals surface area contributed by atoms with Crippen LogP contribution in [0.15, 0.2) is 24.3 Å². The minimum absolute atomic E-state index is 0.475. The summed E-state index contributed by atoms with van der Waals surface area (Å²) in [6, 6.07) is 2.63. The van der Waals surface area contributed by atoms with Gasteiger partial charge in [-0.2, -0.15) is 0 Å². The fourth-order valence-electron chi connectivity index (χ4n) is 6.59. The molecule has 4 rings (SSSR count).